The van der Waals surface area contributed by atoms with Crippen molar-refractivity contribution < 1.29 is 29.0 Å². The van der Waals surface area contributed by atoms with Crippen molar-refractivity contribution >= 4 is 5.91 Å². The molecule has 0 saturated heterocycles. The fourth-order valence-electron chi connectivity index (χ4n) is 1.90. The Balaban J connectivity index is 0. The molecule has 4 nitrogen and oxygen atoms in total. The van der Waals surface area contributed by atoms with E-state index in [2.05, 4.69) is 37.9 Å². The van der Waals surface area contributed by atoms with Gasteiger partial charge in [0.1, 0.15) is 0 Å². The van der Waals surface area contributed by atoms with E-state index < -0.39 is 0 Å². The van der Waals surface area contributed by atoms with Crippen molar-refractivity contribution in [1.82, 2.24) is 4.90 Å². The first-order chi connectivity index (χ1) is 9.22. The Morgan fingerprint density at radius 2 is 1.71 bits per heavy atom. The van der Waals surface area contributed by atoms with Gasteiger partial charge in [0, 0.05) is 44.6 Å². The molecule has 0 aromatic heterocycles. The standard InChI is InChI=1S/C16H34N2O2.Rh/c1-12(2)10-15(20-14(5)6)11-17-16(19)8-9-18(7)13(3)4;/h12-15H,8-11H2,1-7H3,(H,17,19);/p-1. The van der Waals surface area contributed by atoms with Gasteiger partial charge in [-0.1, -0.05) is 13.8 Å². The third kappa shape index (κ3) is 13.4. The zero-order valence-corrected chi connectivity index (χ0v) is 16.3. The summed E-state index contributed by atoms with van der Waals surface area (Å²) in [7, 11) is 2.03. The van der Waals surface area contributed by atoms with Crippen LogP contribution in [0.25, 0.3) is 5.32 Å². The van der Waals surface area contributed by atoms with Crippen molar-refractivity contribution in [3.63, 3.8) is 0 Å². The summed E-state index contributed by atoms with van der Waals surface area (Å²) in [4.78, 5) is 14.0. The first-order valence-corrected chi connectivity index (χ1v) is 7.78. The number of rotatable bonds is 10. The topological polar surface area (TPSA) is 43.6 Å². The molecule has 0 N–H and O–H groups in total. The predicted molar refractivity (Wildman–Crippen MR) is 85.1 cm³/mol. The molecule has 0 aliphatic carbocycles. The number of hydrogen-bond donors (Lipinski definition) is 0. The van der Waals surface area contributed by atoms with Crippen LogP contribution < -0.4 is 0 Å². The molecule has 1 unspecified atom stereocenters. The largest absolute Gasteiger partial charge is 0.651 e. The van der Waals surface area contributed by atoms with Gasteiger partial charge in [0.05, 0.1) is 12.0 Å². The number of carbonyl (C=O) groups is 1. The summed E-state index contributed by atoms with van der Waals surface area (Å²) < 4.78 is 5.82. The van der Waals surface area contributed by atoms with Crippen LogP contribution in [-0.2, 0) is 29.0 Å². The van der Waals surface area contributed by atoms with Crippen LogP contribution in [0.1, 0.15) is 54.4 Å². The van der Waals surface area contributed by atoms with Gasteiger partial charge in [-0.3, -0.25) is 0 Å². The molecule has 0 aliphatic heterocycles. The van der Waals surface area contributed by atoms with E-state index in [9.17, 15) is 4.79 Å². The molecule has 0 aliphatic rings. The molecule has 0 bridgehead atoms. The number of amides is 1. The van der Waals surface area contributed by atoms with Crippen LogP contribution in [0.5, 0.6) is 0 Å². The van der Waals surface area contributed by atoms with E-state index in [1.807, 2.05) is 20.9 Å². The van der Waals surface area contributed by atoms with Gasteiger partial charge in [-0.25, -0.2) is 0 Å². The fraction of sp³-hybridized carbons (Fsp3) is 0.938. The van der Waals surface area contributed by atoms with Crippen LogP contribution in [0.15, 0.2) is 0 Å². The van der Waals surface area contributed by atoms with E-state index in [0.29, 0.717) is 24.9 Å². The summed E-state index contributed by atoms with van der Waals surface area (Å²) in [6.45, 7) is 13.9. The first-order valence-electron chi connectivity index (χ1n) is 7.78. The molecular formula is C16H33N2O2Rh-. The summed E-state index contributed by atoms with van der Waals surface area (Å²) in [5.74, 6) is 0.537. The van der Waals surface area contributed by atoms with Gasteiger partial charge in [0.15, 0.2) is 0 Å². The van der Waals surface area contributed by atoms with Crippen molar-refractivity contribution in [2.24, 2.45) is 5.92 Å². The molecule has 0 aromatic carbocycles. The molecule has 0 fully saturated rings. The summed E-state index contributed by atoms with van der Waals surface area (Å²) in [6, 6.07) is 0.459. The summed E-state index contributed by atoms with van der Waals surface area (Å²) in [5.41, 5.74) is 0. The molecule has 0 rings (SSSR count). The van der Waals surface area contributed by atoms with Crippen LogP contribution in [0, 0.1) is 5.92 Å². The number of ether oxygens (including phenoxy) is 1. The Bertz CT molecular complexity index is 261. The van der Waals surface area contributed by atoms with Crippen molar-refractivity contribution in [3.8, 4) is 0 Å². The minimum Gasteiger partial charge on any atom is -0.651 e. The van der Waals surface area contributed by atoms with Crippen LogP contribution >= 0.6 is 0 Å². The molecule has 21 heavy (non-hydrogen) atoms. The quantitative estimate of drug-likeness (QED) is 0.539. The molecule has 1 atom stereocenters. The molecule has 129 valence electrons. The minimum atomic E-state index is -0.0152. The van der Waals surface area contributed by atoms with E-state index in [0.717, 1.165) is 13.0 Å². The van der Waals surface area contributed by atoms with Crippen LogP contribution in [0.2, 0.25) is 0 Å². The Morgan fingerprint density at radius 1 is 1.14 bits per heavy atom. The van der Waals surface area contributed by atoms with Gasteiger partial charge in [-0.2, -0.15) is 0 Å². The smallest absolute Gasteiger partial charge is 0.0525 e. The van der Waals surface area contributed by atoms with E-state index in [-0.39, 0.29) is 37.6 Å². The van der Waals surface area contributed by atoms with Crippen LogP contribution in [0.4, 0.5) is 0 Å². The Hall–Kier alpha value is 0.0134. The molecule has 1 radical (unpaired) electrons. The molecule has 0 saturated carbocycles. The Labute approximate surface area is 144 Å². The summed E-state index contributed by atoms with van der Waals surface area (Å²) in [6.07, 6.45) is 1.67. The Kier molecular flexibility index (Phi) is 13.9. The maximum atomic E-state index is 11.8. The van der Waals surface area contributed by atoms with Crippen LogP contribution in [0.3, 0.4) is 0 Å². The van der Waals surface area contributed by atoms with Gasteiger partial charge in [-0.05, 0) is 47.1 Å². The van der Waals surface area contributed by atoms with E-state index in [1.165, 1.54) is 0 Å². The molecule has 0 spiro atoms. The van der Waals surface area contributed by atoms with Crippen molar-refractivity contribution in [3.05, 3.63) is 5.32 Å². The Morgan fingerprint density at radius 3 is 2.14 bits per heavy atom. The third-order valence-electron chi connectivity index (χ3n) is 3.23. The van der Waals surface area contributed by atoms with E-state index in [4.69, 9.17) is 4.74 Å². The fourth-order valence-corrected chi connectivity index (χ4v) is 1.90. The van der Waals surface area contributed by atoms with E-state index >= 15 is 0 Å². The number of hydrogen-bond acceptors (Lipinski definition) is 3. The molecular weight excluding hydrogens is 355 g/mol. The van der Waals surface area contributed by atoms with Gasteiger partial charge in [0.2, 0.25) is 0 Å². The van der Waals surface area contributed by atoms with Crippen molar-refractivity contribution in [2.45, 2.75) is 72.6 Å². The SMILES string of the molecule is CC(C)CC(C[N-]C(=O)CCN(C)C(C)C)OC(C)C.[Rh]. The summed E-state index contributed by atoms with van der Waals surface area (Å²) >= 11 is 0. The van der Waals surface area contributed by atoms with Gasteiger partial charge in [0.25, 0.3) is 0 Å². The maximum Gasteiger partial charge on any atom is 0.0525 e. The number of carbonyl (C=O) groups excluding carboxylic acids is 1. The molecule has 0 heterocycles. The van der Waals surface area contributed by atoms with Gasteiger partial charge < -0.3 is 19.7 Å². The predicted octanol–water partition coefficient (Wildman–Crippen LogP) is 3.45. The zero-order valence-electron chi connectivity index (χ0n) is 14.7. The second-order valence-corrected chi connectivity index (χ2v) is 6.50. The van der Waals surface area contributed by atoms with Gasteiger partial charge >= 0.3 is 0 Å². The maximum absolute atomic E-state index is 11.8. The second kappa shape index (κ2) is 12.5. The van der Waals surface area contributed by atoms with Crippen molar-refractivity contribution in [2.75, 3.05) is 20.1 Å². The van der Waals surface area contributed by atoms with E-state index in [1.54, 1.807) is 0 Å². The number of nitrogens with zero attached hydrogens (tertiary/aromatic N) is 2. The first kappa shape index (κ1) is 23.3. The van der Waals surface area contributed by atoms with Crippen molar-refractivity contribution in [1.29, 1.82) is 0 Å². The second-order valence-electron chi connectivity index (χ2n) is 6.50. The van der Waals surface area contributed by atoms with Gasteiger partial charge in [-0.15, -0.1) is 6.54 Å². The average molecular weight is 388 g/mol. The molecule has 0 aromatic rings. The molecule has 5 heteroatoms. The summed E-state index contributed by atoms with van der Waals surface area (Å²) in [5, 5.41) is 4.17. The molecule has 1 amide bonds. The monoisotopic (exact) mass is 388 g/mol. The average Bonchev–Trinajstić information content (AvgIpc) is 2.31. The normalized spacial score (nSPS) is 12.9. The zero-order chi connectivity index (χ0) is 15.7. The minimum absolute atomic E-state index is 0. The third-order valence-corrected chi connectivity index (χ3v) is 3.23. The van der Waals surface area contributed by atoms with Crippen LogP contribution in [-0.4, -0.2) is 49.2 Å².